The van der Waals surface area contributed by atoms with Crippen molar-refractivity contribution in [3.63, 3.8) is 0 Å². The van der Waals surface area contributed by atoms with Gasteiger partial charge in [-0.1, -0.05) is 6.07 Å². The monoisotopic (exact) mass is 283 g/mol. The average Bonchev–Trinajstić information content (AvgIpc) is 2.71. The molecule has 2 N–H and O–H groups in total. The molecule has 0 spiro atoms. The Morgan fingerprint density at radius 1 is 1.42 bits per heavy atom. The van der Waals surface area contributed by atoms with Crippen molar-refractivity contribution in [2.45, 2.75) is 13.3 Å². The van der Waals surface area contributed by atoms with Crippen LogP contribution < -0.4 is 14.9 Å². The van der Waals surface area contributed by atoms with Gasteiger partial charge < -0.3 is 10.6 Å². The molecule has 7 heteroatoms. The van der Waals surface area contributed by atoms with Crippen LogP contribution in [0, 0.1) is 0 Å². The molecule has 0 aliphatic carbocycles. The summed E-state index contributed by atoms with van der Waals surface area (Å²) in [7, 11) is -3.27. The molecule has 0 fully saturated rings. The Balaban J connectivity index is 2.26. The maximum atomic E-state index is 11.7. The molecule has 6 nitrogen and oxygen atoms in total. The summed E-state index contributed by atoms with van der Waals surface area (Å²) in [5, 5.41) is 5.29. The highest BCUT2D eigenvalue weighted by Gasteiger charge is 2.26. The third-order valence-corrected chi connectivity index (χ3v) is 4.11. The fourth-order valence-electron chi connectivity index (χ4n) is 2.11. The number of nitrogens with zero attached hydrogens (tertiary/aromatic N) is 1. The van der Waals surface area contributed by atoms with Gasteiger partial charge in [-0.2, -0.15) is 0 Å². The third kappa shape index (κ3) is 2.98. The molecule has 1 aromatic carbocycles. The van der Waals surface area contributed by atoms with E-state index in [4.69, 9.17) is 0 Å². The molecular weight excluding hydrogens is 266 g/mol. The Morgan fingerprint density at radius 3 is 2.79 bits per heavy atom. The van der Waals surface area contributed by atoms with Crippen LogP contribution in [-0.4, -0.2) is 33.8 Å². The number of anilines is 2. The lowest BCUT2D eigenvalue weighted by atomic mass is 10.1. The number of carbonyl (C=O) groups is 1. The van der Waals surface area contributed by atoms with E-state index in [2.05, 4.69) is 10.6 Å². The number of rotatable bonds is 3. The number of hydrogen-bond donors (Lipinski definition) is 2. The minimum atomic E-state index is -3.27. The average molecular weight is 283 g/mol. The van der Waals surface area contributed by atoms with E-state index in [1.165, 1.54) is 10.6 Å². The summed E-state index contributed by atoms with van der Waals surface area (Å²) in [5.74, 6) is 0. The van der Waals surface area contributed by atoms with E-state index in [0.29, 0.717) is 30.9 Å². The molecule has 1 heterocycles. The van der Waals surface area contributed by atoms with E-state index < -0.39 is 10.0 Å². The van der Waals surface area contributed by atoms with E-state index in [1.807, 2.05) is 13.0 Å². The van der Waals surface area contributed by atoms with Crippen LogP contribution in [0.5, 0.6) is 0 Å². The van der Waals surface area contributed by atoms with Gasteiger partial charge in [-0.15, -0.1) is 0 Å². The molecule has 0 atom stereocenters. The molecule has 19 heavy (non-hydrogen) atoms. The van der Waals surface area contributed by atoms with Gasteiger partial charge in [-0.3, -0.25) is 4.31 Å². The third-order valence-electron chi connectivity index (χ3n) is 2.93. The van der Waals surface area contributed by atoms with Gasteiger partial charge in [-0.25, -0.2) is 13.2 Å². The zero-order valence-corrected chi connectivity index (χ0v) is 11.8. The molecule has 0 saturated heterocycles. The van der Waals surface area contributed by atoms with Crippen LogP contribution in [0.4, 0.5) is 16.2 Å². The predicted octanol–water partition coefficient (Wildman–Crippen LogP) is 1.15. The number of amides is 2. The van der Waals surface area contributed by atoms with E-state index in [-0.39, 0.29) is 6.03 Å². The molecule has 1 aromatic rings. The summed E-state index contributed by atoms with van der Waals surface area (Å²) < 4.78 is 24.7. The molecule has 1 aliphatic heterocycles. The largest absolute Gasteiger partial charge is 0.338 e. The van der Waals surface area contributed by atoms with Crippen molar-refractivity contribution in [2.24, 2.45) is 0 Å². The van der Waals surface area contributed by atoms with Crippen molar-refractivity contribution in [1.29, 1.82) is 0 Å². The lowest BCUT2D eigenvalue weighted by Crippen LogP contribution is -2.29. The second kappa shape index (κ2) is 5.08. The van der Waals surface area contributed by atoms with Crippen LogP contribution >= 0.6 is 0 Å². The quantitative estimate of drug-likeness (QED) is 0.873. The summed E-state index contributed by atoms with van der Waals surface area (Å²) in [6.45, 7) is 2.82. The van der Waals surface area contributed by atoms with Crippen LogP contribution in [-0.2, 0) is 16.4 Å². The highest BCUT2D eigenvalue weighted by atomic mass is 32.2. The molecule has 0 bridgehead atoms. The number of fused-ring (bicyclic) bond motifs is 1. The molecule has 0 aromatic heterocycles. The summed E-state index contributed by atoms with van der Waals surface area (Å²) in [6, 6.07) is 5.02. The maximum absolute atomic E-state index is 11.7. The van der Waals surface area contributed by atoms with E-state index >= 15 is 0 Å². The second-order valence-corrected chi connectivity index (χ2v) is 6.32. The Bertz CT molecular complexity index is 598. The zero-order chi connectivity index (χ0) is 14.0. The first-order chi connectivity index (χ1) is 8.91. The fraction of sp³-hybridized carbons (Fsp3) is 0.417. The van der Waals surface area contributed by atoms with Gasteiger partial charge in [0.15, 0.2) is 0 Å². The number of urea groups is 1. The van der Waals surface area contributed by atoms with Gasteiger partial charge in [0.1, 0.15) is 0 Å². The molecular formula is C12H17N3O3S. The standard InChI is InChI=1S/C12H17N3O3S/c1-3-13-12(16)14-10-5-4-9-6-7-15(11(9)8-10)19(2,17)18/h4-5,8H,3,6-7H2,1-2H3,(H2,13,14,16). The van der Waals surface area contributed by atoms with Crippen molar-refractivity contribution in [3.8, 4) is 0 Å². The first kappa shape index (κ1) is 13.7. The Labute approximate surface area is 112 Å². The Hall–Kier alpha value is -1.76. The zero-order valence-electron chi connectivity index (χ0n) is 10.9. The van der Waals surface area contributed by atoms with Crippen molar-refractivity contribution in [3.05, 3.63) is 23.8 Å². The van der Waals surface area contributed by atoms with Gasteiger partial charge in [0, 0.05) is 18.8 Å². The number of sulfonamides is 1. The van der Waals surface area contributed by atoms with Crippen LogP contribution in [0.3, 0.4) is 0 Å². The van der Waals surface area contributed by atoms with Crippen molar-refractivity contribution in [2.75, 3.05) is 29.0 Å². The molecule has 0 unspecified atom stereocenters. The Kier molecular flexibility index (Phi) is 3.66. The first-order valence-electron chi connectivity index (χ1n) is 6.07. The molecule has 104 valence electrons. The molecule has 2 rings (SSSR count). The molecule has 0 saturated carbocycles. The van der Waals surface area contributed by atoms with Gasteiger partial charge in [0.25, 0.3) is 0 Å². The van der Waals surface area contributed by atoms with E-state index in [9.17, 15) is 13.2 Å². The maximum Gasteiger partial charge on any atom is 0.319 e. The highest BCUT2D eigenvalue weighted by Crippen LogP contribution is 2.32. The fourth-order valence-corrected chi connectivity index (χ4v) is 3.06. The van der Waals surface area contributed by atoms with Crippen LogP contribution in [0.2, 0.25) is 0 Å². The van der Waals surface area contributed by atoms with Crippen molar-refractivity contribution in [1.82, 2.24) is 5.32 Å². The number of carbonyl (C=O) groups excluding carboxylic acids is 1. The second-order valence-electron chi connectivity index (χ2n) is 4.41. The summed E-state index contributed by atoms with van der Waals surface area (Å²) in [4.78, 5) is 11.4. The smallest absolute Gasteiger partial charge is 0.319 e. The minimum absolute atomic E-state index is 0.300. The van der Waals surface area contributed by atoms with Crippen molar-refractivity contribution >= 4 is 27.4 Å². The molecule has 0 radical (unpaired) electrons. The van der Waals surface area contributed by atoms with Crippen LogP contribution in [0.1, 0.15) is 12.5 Å². The Morgan fingerprint density at radius 2 is 2.16 bits per heavy atom. The topological polar surface area (TPSA) is 78.5 Å². The normalized spacial score (nSPS) is 14.1. The first-order valence-corrected chi connectivity index (χ1v) is 7.92. The SMILES string of the molecule is CCNC(=O)Nc1ccc2c(c1)N(S(C)(=O)=O)CC2. The highest BCUT2D eigenvalue weighted by molar-refractivity contribution is 7.92. The van der Waals surface area contributed by atoms with Crippen LogP contribution in [0.25, 0.3) is 0 Å². The van der Waals surface area contributed by atoms with E-state index in [1.54, 1.807) is 12.1 Å². The van der Waals surface area contributed by atoms with Gasteiger partial charge in [0.05, 0.1) is 11.9 Å². The summed E-state index contributed by atoms with van der Waals surface area (Å²) in [6.07, 6.45) is 1.88. The molecule has 2 amide bonds. The number of nitrogens with one attached hydrogen (secondary N) is 2. The number of benzene rings is 1. The van der Waals surface area contributed by atoms with Crippen LogP contribution in [0.15, 0.2) is 18.2 Å². The lowest BCUT2D eigenvalue weighted by molar-refractivity contribution is 0.252. The number of hydrogen-bond acceptors (Lipinski definition) is 3. The van der Waals surface area contributed by atoms with Gasteiger partial charge in [0.2, 0.25) is 10.0 Å². The van der Waals surface area contributed by atoms with Gasteiger partial charge in [-0.05, 0) is 31.0 Å². The van der Waals surface area contributed by atoms with Crippen molar-refractivity contribution < 1.29 is 13.2 Å². The minimum Gasteiger partial charge on any atom is -0.338 e. The predicted molar refractivity (Wildman–Crippen MR) is 75.0 cm³/mol. The summed E-state index contributed by atoms with van der Waals surface area (Å²) >= 11 is 0. The van der Waals surface area contributed by atoms with Gasteiger partial charge >= 0.3 is 6.03 Å². The molecule has 1 aliphatic rings. The summed E-state index contributed by atoms with van der Waals surface area (Å²) in [5.41, 5.74) is 2.21. The lowest BCUT2D eigenvalue weighted by Gasteiger charge is -2.17. The van der Waals surface area contributed by atoms with E-state index in [0.717, 1.165) is 5.56 Å².